The first-order chi connectivity index (χ1) is 9.59. The van der Waals surface area contributed by atoms with E-state index in [0.717, 1.165) is 18.4 Å². The molecule has 0 fully saturated rings. The molecule has 1 atom stereocenters. The Labute approximate surface area is 126 Å². The normalized spacial score (nSPS) is 12.6. The Morgan fingerprint density at radius 1 is 1.48 bits per heavy atom. The minimum Gasteiger partial charge on any atom is -0.495 e. The van der Waals surface area contributed by atoms with E-state index in [1.807, 2.05) is 0 Å². The molecule has 8 nitrogen and oxygen atoms in total. The van der Waals surface area contributed by atoms with E-state index in [4.69, 9.17) is 16.3 Å². The fraction of sp³-hybridized carbons (Fsp3) is 0.364. The van der Waals surface area contributed by atoms with Gasteiger partial charge in [0.05, 0.1) is 18.3 Å². The number of ether oxygens (including phenoxy) is 1. The first-order valence-corrected chi connectivity index (χ1v) is 7.83. The summed E-state index contributed by atoms with van der Waals surface area (Å²) in [6, 6.07) is 2.18. The van der Waals surface area contributed by atoms with Crippen LogP contribution in [0.1, 0.15) is 6.92 Å². The molecule has 0 aliphatic heterocycles. The van der Waals surface area contributed by atoms with Crippen molar-refractivity contribution in [3.63, 3.8) is 0 Å². The zero-order chi connectivity index (χ0) is 16.4. The predicted molar refractivity (Wildman–Crippen MR) is 77.3 cm³/mol. The first-order valence-electron chi connectivity index (χ1n) is 5.60. The summed E-state index contributed by atoms with van der Waals surface area (Å²) in [4.78, 5) is 21.5. The Hall–Kier alpha value is -1.87. The molecule has 0 aromatic heterocycles. The molecule has 0 amide bonds. The number of carbonyl (C=O) groups is 1. The van der Waals surface area contributed by atoms with Gasteiger partial charge in [-0.25, -0.2) is 8.42 Å². The van der Waals surface area contributed by atoms with Crippen LogP contribution in [0.3, 0.4) is 0 Å². The van der Waals surface area contributed by atoms with Crippen LogP contribution in [-0.4, -0.2) is 38.0 Å². The monoisotopic (exact) mass is 336 g/mol. The molecule has 116 valence electrons. The maximum Gasteiger partial charge on any atom is 0.271 e. The zero-order valence-corrected chi connectivity index (χ0v) is 13.0. The number of halogens is 1. The molecule has 0 aliphatic rings. The summed E-state index contributed by atoms with van der Waals surface area (Å²) >= 11 is 5.36. The molecule has 10 heteroatoms. The quantitative estimate of drug-likeness (QED) is 0.443. The molecule has 0 bridgehead atoms. The molecule has 21 heavy (non-hydrogen) atoms. The van der Waals surface area contributed by atoms with Crippen molar-refractivity contribution in [1.29, 1.82) is 0 Å². The highest BCUT2D eigenvalue weighted by atomic mass is 35.5. The van der Waals surface area contributed by atoms with Gasteiger partial charge in [0.25, 0.3) is 5.69 Å². The van der Waals surface area contributed by atoms with Crippen molar-refractivity contribution in [1.82, 2.24) is 0 Å². The average Bonchev–Trinajstić information content (AvgIpc) is 2.36. The summed E-state index contributed by atoms with van der Waals surface area (Å²) < 4.78 is 29.5. The van der Waals surface area contributed by atoms with Crippen LogP contribution in [0.25, 0.3) is 0 Å². The number of hydrogen-bond acceptors (Lipinski definition) is 6. The van der Waals surface area contributed by atoms with E-state index in [-0.39, 0.29) is 17.1 Å². The molecule has 0 N–H and O–H groups in total. The Bertz CT molecular complexity index is 675. The first kappa shape index (κ1) is 17.2. The lowest BCUT2D eigenvalue weighted by Gasteiger charge is -2.27. The lowest BCUT2D eigenvalue weighted by molar-refractivity contribution is -0.384. The van der Waals surface area contributed by atoms with Gasteiger partial charge in [-0.3, -0.25) is 19.2 Å². The molecular formula is C11H13ClN2O6S. The lowest BCUT2D eigenvalue weighted by atomic mass is 10.2. The van der Waals surface area contributed by atoms with Gasteiger partial charge in [-0.05, 0) is 24.6 Å². The predicted octanol–water partition coefficient (Wildman–Crippen LogP) is 1.52. The number of nitro groups is 1. The number of methoxy groups -OCH3 is 1. The van der Waals surface area contributed by atoms with Gasteiger partial charge in [0.15, 0.2) is 0 Å². The summed E-state index contributed by atoms with van der Waals surface area (Å²) in [6.45, 7) is 1.27. The van der Waals surface area contributed by atoms with Gasteiger partial charge >= 0.3 is 0 Å². The summed E-state index contributed by atoms with van der Waals surface area (Å²) in [5, 5.41) is 9.91. The van der Waals surface area contributed by atoms with E-state index < -0.39 is 26.2 Å². The summed E-state index contributed by atoms with van der Waals surface area (Å²) in [5.74, 6) is 0.0655. The van der Waals surface area contributed by atoms with E-state index in [0.29, 0.717) is 4.31 Å². The van der Waals surface area contributed by atoms with Gasteiger partial charge in [-0.2, -0.15) is 0 Å². The highest BCUT2D eigenvalue weighted by molar-refractivity contribution is 7.92. The number of hydrogen-bond donors (Lipinski definition) is 0. The van der Waals surface area contributed by atoms with Crippen molar-refractivity contribution in [2.75, 3.05) is 17.7 Å². The number of carbonyl (C=O) groups excluding carboxylic acids is 1. The molecule has 1 aromatic carbocycles. The van der Waals surface area contributed by atoms with Crippen molar-refractivity contribution >= 4 is 38.2 Å². The van der Waals surface area contributed by atoms with Crippen LogP contribution >= 0.6 is 11.6 Å². The molecule has 1 aromatic rings. The number of nitro benzene ring substituents is 1. The average molecular weight is 337 g/mol. The van der Waals surface area contributed by atoms with Crippen molar-refractivity contribution < 1.29 is 22.9 Å². The van der Waals surface area contributed by atoms with Gasteiger partial charge < -0.3 is 4.74 Å². The van der Waals surface area contributed by atoms with E-state index >= 15 is 0 Å². The van der Waals surface area contributed by atoms with E-state index in [2.05, 4.69) is 0 Å². The number of sulfonamides is 1. The SMILES string of the molecule is COc1ccc([N+](=O)[O-])cc1N(C(C)C(=O)Cl)S(C)(=O)=O. The van der Waals surface area contributed by atoms with Crippen LogP contribution in [-0.2, 0) is 14.8 Å². The largest absolute Gasteiger partial charge is 0.495 e. The minimum atomic E-state index is -3.91. The third-order valence-electron chi connectivity index (χ3n) is 2.65. The van der Waals surface area contributed by atoms with E-state index in [1.165, 1.54) is 20.1 Å². The molecule has 1 unspecified atom stereocenters. The Kier molecular flexibility index (Phi) is 5.13. The Morgan fingerprint density at radius 3 is 2.43 bits per heavy atom. The molecule has 0 spiro atoms. The number of non-ortho nitro benzene ring substituents is 1. The van der Waals surface area contributed by atoms with Crippen molar-refractivity contribution in [3.8, 4) is 5.75 Å². The second-order valence-corrected chi connectivity index (χ2v) is 6.38. The molecular weight excluding hydrogens is 324 g/mol. The molecule has 0 saturated heterocycles. The molecule has 1 rings (SSSR count). The van der Waals surface area contributed by atoms with Crippen LogP contribution in [0.5, 0.6) is 5.75 Å². The third kappa shape index (κ3) is 3.82. The zero-order valence-electron chi connectivity index (χ0n) is 11.4. The fourth-order valence-electron chi connectivity index (χ4n) is 1.73. The Morgan fingerprint density at radius 2 is 2.05 bits per heavy atom. The summed E-state index contributed by atoms with van der Waals surface area (Å²) in [6.07, 6.45) is 0.863. The van der Waals surface area contributed by atoms with Gasteiger partial charge in [-0.1, -0.05) is 0 Å². The third-order valence-corrected chi connectivity index (χ3v) is 4.19. The van der Waals surface area contributed by atoms with Crippen LogP contribution in [0.4, 0.5) is 11.4 Å². The second-order valence-electron chi connectivity index (χ2n) is 4.15. The number of rotatable bonds is 6. The smallest absolute Gasteiger partial charge is 0.271 e. The lowest BCUT2D eigenvalue weighted by Crippen LogP contribution is -2.41. The number of nitrogens with zero attached hydrogens (tertiary/aromatic N) is 2. The summed E-state index contributed by atoms with van der Waals surface area (Å²) in [5.41, 5.74) is -0.468. The summed E-state index contributed by atoms with van der Waals surface area (Å²) in [7, 11) is -2.64. The standard InChI is InChI=1S/C11H13ClN2O6S/c1-7(11(12)15)13(21(3,18)19)9-6-8(14(16)17)4-5-10(9)20-2/h4-7H,1-3H3. The van der Waals surface area contributed by atoms with Crippen LogP contribution in [0.15, 0.2) is 18.2 Å². The van der Waals surface area contributed by atoms with Gasteiger partial charge in [0.1, 0.15) is 17.5 Å². The highest BCUT2D eigenvalue weighted by Crippen LogP contribution is 2.35. The van der Waals surface area contributed by atoms with Crippen molar-refractivity contribution in [2.45, 2.75) is 13.0 Å². The van der Waals surface area contributed by atoms with Crippen molar-refractivity contribution in [2.24, 2.45) is 0 Å². The van der Waals surface area contributed by atoms with E-state index in [9.17, 15) is 23.3 Å². The van der Waals surface area contributed by atoms with Crippen LogP contribution in [0.2, 0.25) is 0 Å². The number of anilines is 1. The topological polar surface area (TPSA) is 107 Å². The fourth-order valence-corrected chi connectivity index (χ4v) is 3.06. The minimum absolute atomic E-state index is 0.0655. The highest BCUT2D eigenvalue weighted by Gasteiger charge is 2.31. The molecule has 0 aliphatic carbocycles. The maximum absolute atomic E-state index is 11.9. The van der Waals surface area contributed by atoms with E-state index in [1.54, 1.807) is 0 Å². The van der Waals surface area contributed by atoms with Gasteiger partial charge in [-0.15, -0.1) is 0 Å². The molecule has 0 radical (unpaired) electrons. The second kappa shape index (κ2) is 6.27. The van der Waals surface area contributed by atoms with Crippen LogP contribution in [0, 0.1) is 10.1 Å². The van der Waals surface area contributed by atoms with Gasteiger partial charge in [0.2, 0.25) is 15.3 Å². The maximum atomic E-state index is 11.9. The molecule has 0 saturated carbocycles. The number of benzene rings is 1. The van der Waals surface area contributed by atoms with Gasteiger partial charge in [0, 0.05) is 12.1 Å². The molecule has 0 heterocycles. The van der Waals surface area contributed by atoms with Crippen molar-refractivity contribution in [3.05, 3.63) is 28.3 Å². The Balaban J connectivity index is 3.60. The van der Waals surface area contributed by atoms with Crippen LogP contribution < -0.4 is 9.04 Å².